The molecule has 0 bridgehead atoms. The highest BCUT2D eigenvalue weighted by molar-refractivity contribution is 4.71. The molecule has 0 saturated heterocycles. The predicted molar refractivity (Wildman–Crippen MR) is 72.5 cm³/mol. The van der Waals surface area contributed by atoms with E-state index in [9.17, 15) is 0 Å². The molecule has 0 aromatic heterocycles. The van der Waals surface area contributed by atoms with Crippen LogP contribution >= 0.6 is 0 Å². The van der Waals surface area contributed by atoms with E-state index in [1.165, 1.54) is 25.7 Å². The van der Waals surface area contributed by atoms with Crippen LogP contribution in [0.4, 0.5) is 0 Å². The summed E-state index contributed by atoms with van der Waals surface area (Å²) in [6, 6.07) is 0. The predicted octanol–water partition coefficient (Wildman–Crippen LogP) is 4.49. The van der Waals surface area contributed by atoms with Crippen molar-refractivity contribution in [3.63, 3.8) is 0 Å². The van der Waals surface area contributed by atoms with Gasteiger partial charge in [0.25, 0.3) is 0 Å². The maximum Gasteiger partial charge on any atom is 0.0456 e. The van der Waals surface area contributed by atoms with Crippen molar-refractivity contribution in [1.82, 2.24) is 0 Å². The van der Waals surface area contributed by atoms with Gasteiger partial charge in [-0.15, -0.1) is 0 Å². The number of aliphatic hydroxyl groups excluding tert-OH is 1. The van der Waals surface area contributed by atoms with Gasteiger partial charge in [0.15, 0.2) is 0 Å². The molecule has 1 aliphatic carbocycles. The summed E-state index contributed by atoms with van der Waals surface area (Å²) in [5.74, 6) is 3.46. The molecule has 16 heavy (non-hydrogen) atoms. The summed E-state index contributed by atoms with van der Waals surface area (Å²) in [7, 11) is 0. The van der Waals surface area contributed by atoms with E-state index in [0.717, 1.165) is 24.2 Å². The summed E-state index contributed by atoms with van der Waals surface area (Å²) in [6.45, 7) is 11.5. The Morgan fingerprint density at radius 3 is 1.81 bits per heavy atom. The lowest BCUT2D eigenvalue weighted by Gasteiger charge is -2.28. The van der Waals surface area contributed by atoms with Crippen LogP contribution in [0.5, 0.6) is 0 Å². The summed E-state index contributed by atoms with van der Waals surface area (Å²) in [4.78, 5) is 0. The minimum atomic E-state index is 0.330. The van der Waals surface area contributed by atoms with Gasteiger partial charge < -0.3 is 5.11 Å². The molecule has 1 saturated carbocycles. The molecule has 1 N–H and O–H groups in total. The highest BCUT2D eigenvalue weighted by atomic mass is 16.3. The largest absolute Gasteiger partial charge is 0.396 e. The Hall–Kier alpha value is -0.0400. The molecule has 98 valence electrons. The van der Waals surface area contributed by atoms with Crippen LogP contribution in [0.1, 0.15) is 66.7 Å². The van der Waals surface area contributed by atoms with E-state index in [0.29, 0.717) is 12.5 Å². The minimum Gasteiger partial charge on any atom is -0.396 e. The zero-order valence-electron chi connectivity index (χ0n) is 12.0. The molecule has 0 aromatic rings. The summed E-state index contributed by atoms with van der Waals surface area (Å²) >= 11 is 0. The van der Waals surface area contributed by atoms with Gasteiger partial charge in [-0.1, -0.05) is 53.9 Å². The molecular weight excluding hydrogens is 196 g/mol. The molecule has 0 amide bonds. The summed E-state index contributed by atoms with van der Waals surface area (Å²) < 4.78 is 0. The third-order valence-electron chi connectivity index (χ3n) is 4.01. The van der Waals surface area contributed by atoms with Crippen LogP contribution < -0.4 is 0 Å². The maximum atomic E-state index is 8.33. The van der Waals surface area contributed by atoms with Crippen molar-refractivity contribution >= 4 is 0 Å². The van der Waals surface area contributed by atoms with E-state index in [1.54, 1.807) is 0 Å². The fourth-order valence-corrected chi connectivity index (χ4v) is 2.08. The van der Waals surface area contributed by atoms with Crippen molar-refractivity contribution in [3.8, 4) is 0 Å². The van der Waals surface area contributed by atoms with Gasteiger partial charge in [0.2, 0.25) is 0 Å². The van der Waals surface area contributed by atoms with Crippen molar-refractivity contribution in [3.05, 3.63) is 0 Å². The highest BCUT2D eigenvalue weighted by Crippen LogP contribution is 2.32. The Morgan fingerprint density at radius 2 is 1.56 bits per heavy atom. The van der Waals surface area contributed by atoms with Gasteiger partial charge in [-0.05, 0) is 36.5 Å². The van der Waals surface area contributed by atoms with Crippen molar-refractivity contribution in [2.75, 3.05) is 6.61 Å². The normalized spacial score (nSPS) is 27.2. The zero-order chi connectivity index (χ0) is 12.6. The molecule has 1 fully saturated rings. The fraction of sp³-hybridized carbons (Fsp3) is 1.00. The molecule has 1 heteroatoms. The Bertz CT molecular complexity index is 142. The van der Waals surface area contributed by atoms with Crippen molar-refractivity contribution in [2.45, 2.75) is 66.7 Å². The third kappa shape index (κ3) is 7.27. The summed E-state index contributed by atoms with van der Waals surface area (Å²) in [6.07, 6.45) is 7.00. The molecular formula is C15H32O. The zero-order valence-corrected chi connectivity index (χ0v) is 12.0. The smallest absolute Gasteiger partial charge is 0.0456 e. The van der Waals surface area contributed by atoms with Gasteiger partial charge in [-0.25, -0.2) is 0 Å². The summed E-state index contributed by atoms with van der Waals surface area (Å²) in [5, 5.41) is 8.33. The first-order valence-corrected chi connectivity index (χ1v) is 7.12. The topological polar surface area (TPSA) is 20.2 Å². The fourth-order valence-electron chi connectivity index (χ4n) is 2.08. The molecule has 1 unspecified atom stereocenters. The van der Waals surface area contributed by atoms with Crippen LogP contribution in [0.3, 0.4) is 0 Å². The van der Waals surface area contributed by atoms with Gasteiger partial charge in [0, 0.05) is 6.61 Å². The van der Waals surface area contributed by atoms with Crippen LogP contribution in [0.15, 0.2) is 0 Å². The van der Waals surface area contributed by atoms with E-state index in [4.69, 9.17) is 5.11 Å². The number of aliphatic hydroxyl groups is 1. The number of hydrogen-bond donors (Lipinski definition) is 1. The average Bonchev–Trinajstić information content (AvgIpc) is 2.29. The van der Waals surface area contributed by atoms with Crippen LogP contribution in [0.2, 0.25) is 0 Å². The first-order chi connectivity index (χ1) is 7.51. The second-order valence-electron chi connectivity index (χ2n) is 5.96. The van der Waals surface area contributed by atoms with E-state index >= 15 is 0 Å². The standard InChI is InChI=1S/C10H20.C5H12O/c1-8(2)10-6-4-9(3)5-7-10;1-3-5(2)4-6/h8-10H,4-7H2,1-3H3;5-6H,3-4H2,1-2H3. The SMILES string of the molecule is CC1CCC(C(C)C)CC1.CCC(C)CO. The van der Waals surface area contributed by atoms with Crippen LogP contribution in [-0.2, 0) is 0 Å². The maximum absolute atomic E-state index is 8.33. The number of rotatable bonds is 3. The Balaban J connectivity index is 0.000000325. The quantitative estimate of drug-likeness (QED) is 0.754. The van der Waals surface area contributed by atoms with Gasteiger partial charge in [0.05, 0.1) is 0 Å². The molecule has 1 aliphatic rings. The average molecular weight is 228 g/mol. The molecule has 0 radical (unpaired) electrons. The Kier molecular flexibility index (Phi) is 9.02. The van der Waals surface area contributed by atoms with Crippen LogP contribution in [-0.4, -0.2) is 11.7 Å². The molecule has 1 rings (SSSR count). The summed E-state index contributed by atoms with van der Waals surface area (Å²) in [5.41, 5.74) is 0. The van der Waals surface area contributed by atoms with Gasteiger partial charge in [-0.3, -0.25) is 0 Å². The monoisotopic (exact) mass is 228 g/mol. The van der Waals surface area contributed by atoms with E-state index in [-0.39, 0.29) is 0 Å². The lowest BCUT2D eigenvalue weighted by atomic mass is 9.78. The first-order valence-electron chi connectivity index (χ1n) is 7.12. The Labute approximate surface area is 103 Å². The van der Waals surface area contributed by atoms with Crippen molar-refractivity contribution < 1.29 is 5.11 Å². The van der Waals surface area contributed by atoms with Gasteiger partial charge in [-0.2, -0.15) is 0 Å². The molecule has 0 aliphatic heterocycles. The van der Waals surface area contributed by atoms with Crippen molar-refractivity contribution in [1.29, 1.82) is 0 Å². The molecule has 0 spiro atoms. The van der Waals surface area contributed by atoms with Gasteiger partial charge >= 0.3 is 0 Å². The second kappa shape index (κ2) is 9.04. The van der Waals surface area contributed by atoms with E-state index in [1.807, 2.05) is 6.92 Å². The molecule has 0 heterocycles. The lowest BCUT2D eigenvalue weighted by molar-refractivity contribution is 0.234. The van der Waals surface area contributed by atoms with Crippen LogP contribution in [0, 0.1) is 23.7 Å². The molecule has 1 atom stereocenters. The van der Waals surface area contributed by atoms with E-state index < -0.39 is 0 Å². The molecule has 0 aromatic carbocycles. The Morgan fingerprint density at radius 1 is 1.06 bits per heavy atom. The second-order valence-corrected chi connectivity index (χ2v) is 5.96. The van der Waals surface area contributed by atoms with Gasteiger partial charge in [0.1, 0.15) is 0 Å². The molecule has 1 nitrogen and oxygen atoms in total. The first kappa shape index (κ1) is 16.0. The lowest BCUT2D eigenvalue weighted by Crippen LogP contribution is -2.16. The minimum absolute atomic E-state index is 0.330. The third-order valence-corrected chi connectivity index (χ3v) is 4.01. The van der Waals surface area contributed by atoms with Crippen LogP contribution in [0.25, 0.3) is 0 Å². The number of hydrogen-bond acceptors (Lipinski definition) is 1. The van der Waals surface area contributed by atoms with E-state index in [2.05, 4.69) is 27.7 Å². The van der Waals surface area contributed by atoms with Crippen molar-refractivity contribution in [2.24, 2.45) is 23.7 Å². The highest BCUT2D eigenvalue weighted by Gasteiger charge is 2.19.